The molecule has 0 aliphatic carbocycles. The number of amides is 1. The first-order valence-corrected chi connectivity index (χ1v) is 5.92. The second kappa shape index (κ2) is 4.90. The zero-order valence-electron chi connectivity index (χ0n) is 8.11. The van der Waals surface area contributed by atoms with Gasteiger partial charge in [-0.25, -0.2) is 0 Å². The third kappa shape index (κ3) is 3.29. The predicted molar refractivity (Wildman–Crippen MR) is 54.4 cm³/mol. The van der Waals surface area contributed by atoms with Crippen molar-refractivity contribution in [2.45, 2.75) is 13.0 Å². The maximum Gasteiger partial charge on any atom is 0.254 e. The number of aromatic nitrogens is 2. The van der Waals surface area contributed by atoms with Gasteiger partial charge in [0.05, 0.1) is 11.8 Å². The Bertz CT molecular complexity index is 323. The number of hydrogen-bond acceptors (Lipinski definition) is 3. The molecule has 0 saturated heterocycles. The molecule has 2 atom stereocenters. The van der Waals surface area contributed by atoms with Gasteiger partial charge >= 0.3 is 0 Å². The molecular weight excluding hydrogens is 202 g/mol. The number of rotatable bonds is 4. The minimum Gasteiger partial charge on any atom is -0.349 e. The first-order chi connectivity index (χ1) is 6.59. The van der Waals surface area contributed by atoms with E-state index in [2.05, 4.69) is 15.5 Å². The molecule has 1 rings (SSSR count). The number of nitrogens with zero attached hydrogens (tertiary/aromatic N) is 1. The average molecular weight is 215 g/mol. The van der Waals surface area contributed by atoms with Gasteiger partial charge in [-0.05, 0) is 6.92 Å². The van der Waals surface area contributed by atoms with Crippen LogP contribution in [0.5, 0.6) is 0 Å². The van der Waals surface area contributed by atoms with E-state index < -0.39 is 10.8 Å². The number of carbonyl (C=O) groups excluding carboxylic acids is 1. The monoisotopic (exact) mass is 215 g/mol. The van der Waals surface area contributed by atoms with E-state index >= 15 is 0 Å². The van der Waals surface area contributed by atoms with Crippen molar-refractivity contribution in [1.29, 1.82) is 0 Å². The van der Waals surface area contributed by atoms with E-state index in [9.17, 15) is 9.00 Å². The van der Waals surface area contributed by atoms with E-state index in [4.69, 9.17) is 0 Å². The van der Waals surface area contributed by atoms with E-state index in [0.29, 0.717) is 11.3 Å². The molecule has 0 fully saturated rings. The highest BCUT2D eigenvalue weighted by Gasteiger charge is 2.11. The topological polar surface area (TPSA) is 74.8 Å². The minimum absolute atomic E-state index is 0.0942. The summed E-state index contributed by atoms with van der Waals surface area (Å²) in [6.45, 7) is 1.82. The SMILES string of the molecule is CC(CS(C)=O)NC(=O)c1cn[nH]c1. The minimum atomic E-state index is -0.897. The summed E-state index contributed by atoms with van der Waals surface area (Å²) in [5, 5.41) is 8.94. The van der Waals surface area contributed by atoms with Crippen LogP contribution in [0.15, 0.2) is 12.4 Å². The number of carbonyl (C=O) groups is 1. The molecule has 0 aromatic carbocycles. The van der Waals surface area contributed by atoms with Crippen molar-refractivity contribution >= 4 is 16.7 Å². The zero-order chi connectivity index (χ0) is 10.6. The third-order valence-corrected chi connectivity index (χ3v) is 2.59. The quantitative estimate of drug-likeness (QED) is 0.737. The molecule has 0 saturated carbocycles. The second-order valence-corrected chi connectivity index (χ2v) is 4.58. The van der Waals surface area contributed by atoms with Crippen molar-refractivity contribution in [1.82, 2.24) is 15.5 Å². The Morgan fingerprint density at radius 3 is 3.00 bits per heavy atom. The standard InChI is InChI=1S/C8H13N3O2S/c1-6(5-14(2)13)11-8(12)7-3-9-10-4-7/h3-4,6H,5H2,1-2H3,(H,9,10)(H,11,12). The van der Waals surface area contributed by atoms with Gasteiger partial charge < -0.3 is 5.32 Å². The Labute approximate surface area is 84.7 Å². The molecule has 2 unspecified atom stereocenters. The van der Waals surface area contributed by atoms with Crippen LogP contribution in [0.4, 0.5) is 0 Å². The van der Waals surface area contributed by atoms with E-state index in [0.717, 1.165) is 0 Å². The lowest BCUT2D eigenvalue weighted by molar-refractivity contribution is 0.0944. The number of H-pyrrole nitrogens is 1. The molecule has 0 spiro atoms. The van der Waals surface area contributed by atoms with Crippen molar-refractivity contribution in [3.63, 3.8) is 0 Å². The van der Waals surface area contributed by atoms with Gasteiger partial charge in [-0.1, -0.05) is 0 Å². The highest BCUT2D eigenvalue weighted by Crippen LogP contribution is 1.95. The molecule has 78 valence electrons. The van der Waals surface area contributed by atoms with Gasteiger partial charge in [-0.15, -0.1) is 0 Å². The molecule has 1 aromatic rings. The summed E-state index contributed by atoms with van der Waals surface area (Å²) in [6, 6.07) is -0.0942. The molecule has 1 heterocycles. The molecule has 0 aliphatic heterocycles. The first kappa shape index (κ1) is 10.9. The Kier molecular flexibility index (Phi) is 3.82. The van der Waals surface area contributed by atoms with Crippen LogP contribution < -0.4 is 5.32 Å². The van der Waals surface area contributed by atoms with Crippen LogP contribution in [0, 0.1) is 0 Å². The second-order valence-electron chi connectivity index (χ2n) is 3.10. The van der Waals surface area contributed by atoms with Crippen molar-refractivity contribution < 1.29 is 9.00 Å². The van der Waals surface area contributed by atoms with Crippen molar-refractivity contribution in [2.24, 2.45) is 0 Å². The van der Waals surface area contributed by atoms with E-state index in [1.54, 1.807) is 6.26 Å². The van der Waals surface area contributed by atoms with Crippen molar-refractivity contribution in [3.05, 3.63) is 18.0 Å². The van der Waals surface area contributed by atoms with Crippen molar-refractivity contribution in [3.8, 4) is 0 Å². The lowest BCUT2D eigenvalue weighted by atomic mass is 10.3. The van der Waals surface area contributed by atoms with Gasteiger partial charge in [0.2, 0.25) is 0 Å². The lowest BCUT2D eigenvalue weighted by Crippen LogP contribution is -2.35. The largest absolute Gasteiger partial charge is 0.349 e. The molecule has 6 heteroatoms. The van der Waals surface area contributed by atoms with Gasteiger partial charge in [0.1, 0.15) is 0 Å². The molecule has 2 N–H and O–H groups in total. The van der Waals surface area contributed by atoms with E-state index in [-0.39, 0.29) is 11.9 Å². The van der Waals surface area contributed by atoms with Crippen LogP contribution in [0.3, 0.4) is 0 Å². The van der Waals surface area contributed by atoms with Crippen LogP contribution in [0.1, 0.15) is 17.3 Å². The lowest BCUT2D eigenvalue weighted by Gasteiger charge is -2.10. The molecular formula is C8H13N3O2S. The van der Waals surface area contributed by atoms with Gasteiger partial charge in [0, 0.05) is 35.0 Å². The summed E-state index contributed by atoms with van der Waals surface area (Å²) < 4.78 is 10.9. The normalized spacial score (nSPS) is 14.7. The highest BCUT2D eigenvalue weighted by atomic mass is 32.2. The Morgan fingerprint density at radius 2 is 2.50 bits per heavy atom. The summed E-state index contributed by atoms with van der Waals surface area (Å²) in [4.78, 5) is 11.4. The molecule has 0 aliphatic rings. The number of nitrogens with one attached hydrogen (secondary N) is 2. The summed E-state index contributed by atoms with van der Waals surface area (Å²) in [5.41, 5.74) is 0.485. The molecule has 5 nitrogen and oxygen atoms in total. The Morgan fingerprint density at radius 1 is 1.79 bits per heavy atom. The first-order valence-electron chi connectivity index (χ1n) is 4.19. The molecule has 1 aromatic heterocycles. The fourth-order valence-electron chi connectivity index (χ4n) is 1.08. The fourth-order valence-corrected chi connectivity index (χ4v) is 1.86. The Hall–Kier alpha value is -1.17. The van der Waals surface area contributed by atoms with Gasteiger partial charge in [-0.2, -0.15) is 5.10 Å². The van der Waals surface area contributed by atoms with Crippen LogP contribution in [-0.2, 0) is 10.8 Å². The predicted octanol–water partition coefficient (Wildman–Crippen LogP) is -0.0935. The molecule has 0 radical (unpaired) electrons. The zero-order valence-corrected chi connectivity index (χ0v) is 8.93. The van der Waals surface area contributed by atoms with Crippen LogP contribution in [0.2, 0.25) is 0 Å². The number of hydrogen-bond donors (Lipinski definition) is 2. The molecule has 0 bridgehead atoms. The summed E-state index contributed by atoms with van der Waals surface area (Å²) in [6.07, 6.45) is 4.58. The van der Waals surface area contributed by atoms with Crippen LogP contribution >= 0.6 is 0 Å². The summed E-state index contributed by atoms with van der Waals surface area (Å²) in [5.74, 6) is 0.264. The van der Waals surface area contributed by atoms with E-state index in [1.807, 2.05) is 6.92 Å². The maximum absolute atomic E-state index is 11.4. The number of aromatic amines is 1. The Balaban J connectivity index is 2.45. The smallest absolute Gasteiger partial charge is 0.254 e. The van der Waals surface area contributed by atoms with Gasteiger partial charge in [0.15, 0.2) is 0 Å². The van der Waals surface area contributed by atoms with Gasteiger partial charge in [-0.3, -0.25) is 14.1 Å². The highest BCUT2D eigenvalue weighted by molar-refractivity contribution is 7.84. The third-order valence-electron chi connectivity index (χ3n) is 1.62. The van der Waals surface area contributed by atoms with Crippen LogP contribution in [-0.4, -0.2) is 38.4 Å². The molecule has 14 heavy (non-hydrogen) atoms. The average Bonchev–Trinajstić information content (AvgIpc) is 2.53. The van der Waals surface area contributed by atoms with Crippen molar-refractivity contribution in [2.75, 3.05) is 12.0 Å². The van der Waals surface area contributed by atoms with Crippen LogP contribution in [0.25, 0.3) is 0 Å². The summed E-state index contributed by atoms with van der Waals surface area (Å²) in [7, 11) is -0.897. The molecule has 1 amide bonds. The summed E-state index contributed by atoms with van der Waals surface area (Å²) >= 11 is 0. The maximum atomic E-state index is 11.4. The van der Waals surface area contributed by atoms with E-state index in [1.165, 1.54) is 12.4 Å². The fraction of sp³-hybridized carbons (Fsp3) is 0.500. The van der Waals surface area contributed by atoms with Gasteiger partial charge in [0.25, 0.3) is 5.91 Å².